The first-order valence-corrected chi connectivity index (χ1v) is 5.35. The molecule has 0 radical (unpaired) electrons. The molecule has 0 bridgehead atoms. The summed E-state index contributed by atoms with van der Waals surface area (Å²) in [6, 6.07) is 3.67. The van der Waals surface area contributed by atoms with Gasteiger partial charge in [-0.2, -0.15) is 0 Å². The van der Waals surface area contributed by atoms with Crippen LogP contribution in [0, 0.1) is 5.92 Å². The van der Waals surface area contributed by atoms with Gasteiger partial charge in [0.1, 0.15) is 5.65 Å². The second kappa shape index (κ2) is 3.83. The van der Waals surface area contributed by atoms with Gasteiger partial charge in [0, 0.05) is 17.3 Å². The molecule has 0 spiro atoms. The van der Waals surface area contributed by atoms with Gasteiger partial charge in [-0.3, -0.25) is 0 Å². The fourth-order valence-electron chi connectivity index (χ4n) is 1.56. The van der Waals surface area contributed by atoms with E-state index >= 15 is 0 Å². The molecule has 2 heterocycles. The number of pyridine rings is 1. The van der Waals surface area contributed by atoms with E-state index in [0.29, 0.717) is 10.9 Å². The molecule has 0 aliphatic heterocycles. The standard InChI is InChI=1S/C11H14ClN3/c1-7(2)11(13)9-6-14-10-5-8(12)3-4-15(9)10/h3-7,11H,13H2,1-2H3. The molecule has 0 fully saturated rings. The van der Waals surface area contributed by atoms with Crippen molar-refractivity contribution in [3.05, 3.63) is 35.2 Å². The molecule has 4 heteroatoms. The highest BCUT2D eigenvalue weighted by Crippen LogP contribution is 2.21. The van der Waals surface area contributed by atoms with Crippen LogP contribution in [0.5, 0.6) is 0 Å². The van der Waals surface area contributed by atoms with Gasteiger partial charge in [0.15, 0.2) is 0 Å². The molecule has 0 amide bonds. The third-order valence-corrected chi connectivity index (χ3v) is 2.80. The minimum atomic E-state index is 0.00109. The molecule has 15 heavy (non-hydrogen) atoms. The van der Waals surface area contributed by atoms with E-state index in [-0.39, 0.29) is 6.04 Å². The SMILES string of the molecule is CC(C)C(N)c1cnc2cc(Cl)ccn12. The van der Waals surface area contributed by atoms with Crippen molar-refractivity contribution in [2.45, 2.75) is 19.9 Å². The van der Waals surface area contributed by atoms with Gasteiger partial charge in [-0.25, -0.2) is 4.98 Å². The third-order valence-electron chi connectivity index (χ3n) is 2.56. The number of rotatable bonds is 2. The van der Waals surface area contributed by atoms with Crippen LogP contribution in [-0.2, 0) is 0 Å². The van der Waals surface area contributed by atoms with Crippen LogP contribution in [0.15, 0.2) is 24.5 Å². The van der Waals surface area contributed by atoms with Crippen LogP contribution in [-0.4, -0.2) is 9.38 Å². The summed E-state index contributed by atoms with van der Waals surface area (Å²) < 4.78 is 1.98. The Hall–Kier alpha value is -1.06. The van der Waals surface area contributed by atoms with Gasteiger partial charge in [-0.1, -0.05) is 25.4 Å². The van der Waals surface area contributed by atoms with Crippen LogP contribution >= 0.6 is 11.6 Å². The summed E-state index contributed by atoms with van der Waals surface area (Å²) in [5, 5.41) is 0.692. The minimum Gasteiger partial charge on any atom is -0.322 e. The average Bonchev–Trinajstić information content (AvgIpc) is 2.59. The number of aromatic nitrogens is 2. The molecular formula is C11H14ClN3. The van der Waals surface area contributed by atoms with Crippen molar-refractivity contribution in [3.8, 4) is 0 Å². The summed E-state index contributed by atoms with van der Waals surface area (Å²) in [7, 11) is 0. The van der Waals surface area contributed by atoms with Gasteiger partial charge in [-0.15, -0.1) is 0 Å². The fourth-order valence-corrected chi connectivity index (χ4v) is 1.72. The van der Waals surface area contributed by atoms with Crippen molar-refractivity contribution in [2.75, 3.05) is 0 Å². The smallest absolute Gasteiger partial charge is 0.138 e. The van der Waals surface area contributed by atoms with Crippen molar-refractivity contribution < 1.29 is 0 Å². The highest BCUT2D eigenvalue weighted by Gasteiger charge is 2.14. The number of hydrogen-bond donors (Lipinski definition) is 1. The average molecular weight is 224 g/mol. The normalized spacial score (nSPS) is 13.7. The van der Waals surface area contributed by atoms with Gasteiger partial charge in [0.05, 0.1) is 11.9 Å². The summed E-state index contributed by atoms with van der Waals surface area (Å²) in [6.45, 7) is 4.19. The molecule has 2 N–H and O–H groups in total. The van der Waals surface area contributed by atoms with Crippen LogP contribution in [0.4, 0.5) is 0 Å². The predicted molar refractivity (Wildman–Crippen MR) is 62.0 cm³/mol. The Labute approximate surface area is 93.9 Å². The quantitative estimate of drug-likeness (QED) is 0.851. The van der Waals surface area contributed by atoms with Gasteiger partial charge in [0.2, 0.25) is 0 Å². The number of fused-ring (bicyclic) bond motifs is 1. The highest BCUT2D eigenvalue weighted by atomic mass is 35.5. The molecule has 2 aromatic rings. The van der Waals surface area contributed by atoms with E-state index in [9.17, 15) is 0 Å². The molecule has 3 nitrogen and oxygen atoms in total. The van der Waals surface area contributed by atoms with E-state index in [4.69, 9.17) is 17.3 Å². The molecule has 1 unspecified atom stereocenters. The van der Waals surface area contributed by atoms with E-state index in [2.05, 4.69) is 18.8 Å². The van der Waals surface area contributed by atoms with Gasteiger partial charge >= 0.3 is 0 Å². The van der Waals surface area contributed by atoms with Crippen molar-refractivity contribution in [3.63, 3.8) is 0 Å². The number of halogens is 1. The lowest BCUT2D eigenvalue weighted by molar-refractivity contribution is 0.500. The second-order valence-corrected chi connectivity index (χ2v) is 4.46. The molecule has 0 saturated carbocycles. The van der Waals surface area contributed by atoms with Crippen molar-refractivity contribution >= 4 is 17.2 Å². The van der Waals surface area contributed by atoms with Crippen LogP contribution < -0.4 is 5.73 Å². The van der Waals surface area contributed by atoms with Crippen LogP contribution in [0.25, 0.3) is 5.65 Å². The lowest BCUT2D eigenvalue weighted by atomic mass is 10.0. The highest BCUT2D eigenvalue weighted by molar-refractivity contribution is 6.30. The molecule has 0 aliphatic carbocycles. The lowest BCUT2D eigenvalue weighted by Gasteiger charge is -2.14. The van der Waals surface area contributed by atoms with Crippen molar-refractivity contribution in [2.24, 2.45) is 11.7 Å². The summed E-state index contributed by atoms with van der Waals surface area (Å²) in [6.07, 6.45) is 3.72. The Morgan fingerprint density at radius 2 is 2.20 bits per heavy atom. The first-order valence-electron chi connectivity index (χ1n) is 4.97. The van der Waals surface area contributed by atoms with Crippen LogP contribution in [0.3, 0.4) is 0 Å². The lowest BCUT2D eigenvalue weighted by Crippen LogP contribution is -2.18. The maximum atomic E-state index is 6.09. The second-order valence-electron chi connectivity index (χ2n) is 4.03. The van der Waals surface area contributed by atoms with E-state index in [1.807, 2.05) is 28.9 Å². The molecule has 0 saturated heterocycles. The van der Waals surface area contributed by atoms with Crippen LogP contribution in [0.2, 0.25) is 5.02 Å². The monoisotopic (exact) mass is 223 g/mol. The topological polar surface area (TPSA) is 43.3 Å². The van der Waals surface area contributed by atoms with E-state index in [1.165, 1.54) is 0 Å². The zero-order valence-electron chi connectivity index (χ0n) is 8.81. The van der Waals surface area contributed by atoms with E-state index in [1.54, 1.807) is 0 Å². The maximum Gasteiger partial charge on any atom is 0.138 e. The summed E-state index contributed by atoms with van der Waals surface area (Å²) >= 11 is 5.89. The Morgan fingerprint density at radius 3 is 2.87 bits per heavy atom. The number of nitrogens with two attached hydrogens (primary N) is 1. The minimum absolute atomic E-state index is 0.00109. The van der Waals surface area contributed by atoms with E-state index < -0.39 is 0 Å². The Morgan fingerprint density at radius 1 is 1.47 bits per heavy atom. The van der Waals surface area contributed by atoms with Crippen molar-refractivity contribution in [1.29, 1.82) is 0 Å². The first-order chi connectivity index (χ1) is 7.09. The van der Waals surface area contributed by atoms with Crippen LogP contribution in [0.1, 0.15) is 25.6 Å². The van der Waals surface area contributed by atoms with Crippen molar-refractivity contribution in [1.82, 2.24) is 9.38 Å². The molecule has 0 aliphatic rings. The molecule has 80 valence electrons. The molecular weight excluding hydrogens is 210 g/mol. The molecule has 0 aromatic carbocycles. The molecule has 2 aromatic heterocycles. The Kier molecular flexibility index (Phi) is 2.67. The maximum absolute atomic E-state index is 6.09. The zero-order chi connectivity index (χ0) is 11.0. The van der Waals surface area contributed by atoms with E-state index in [0.717, 1.165) is 11.3 Å². The van der Waals surface area contributed by atoms with Gasteiger partial charge in [0.25, 0.3) is 0 Å². The number of imidazole rings is 1. The Balaban J connectivity index is 2.54. The largest absolute Gasteiger partial charge is 0.322 e. The van der Waals surface area contributed by atoms with Gasteiger partial charge < -0.3 is 10.1 Å². The summed E-state index contributed by atoms with van der Waals surface area (Å²) in [5.41, 5.74) is 7.96. The predicted octanol–water partition coefficient (Wildman–Crippen LogP) is 2.64. The zero-order valence-corrected chi connectivity index (χ0v) is 9.57. The molecule has 2 rings (SSSR count). The summed E-state index contributed by atoms with van der Waals surface area (Å²) in [4.78, 5) is 4.28. The molecule has 1 atom stereocenters. The number of hydrogen-bond acceptors (Lipinski definition) is 2. The fraction of sp³-hybridized carbons (Fsp3) is 0.364. The van der Waals surface area contributed by atoms with Gasteiger partial charge in [-0.05, 0) is 18.1 Å². The summed E-state index contributed by atoms with van der Waals surface area (Å²) in [5.74, 6) is 0.389. The third kappa shape index (κ3) is 1.85. The first kappa shape index (κ1) is 10.5. The number of nitrogens with zero attached hydrogens (tertiary/aromatic N) is 2. The Bertz CT molecular complexity index is 476.